The van der Waals surface area contributed by atoms with Crippen molar-refractivity contribution in [3.05, 3.63) is 56.0 Å². The number of nitrogens with one attached hydrogen (secondary N) is 1. The maximum absolute atomic E-state index is 8.67. The summed E-state index contributed by atoms with van der Waals surface area (Å²) in [6.07, 6.45) is 0. The lowest BCUT2D eigenvalue weighted by Crippen LogP contribution is -2.20. The molecular weight excluding hydrogens is 457 g/mol. The Kier molecular flexibility index (Phi) is 9.68. The molecule has 8 heteroatoms. The van der Waals surface area contributed by atoms with Crippen LogP contribution in [0.2, 0.25) is 10.0 Å². The van der Waals surface area contributed by atoms with Crippen molar-refractivity contribution in [1.82, 2.24) is 5.32 Å². The molecule has 0 aromatic heterocycles. The Morgan fingerprint density at radius 2 is 1.89 bits per heavy atom. The smallest absolute Gasteiger partial charge is 0.162 e. The average molecular weight is 479 g/mol. The van der Waals surface area contributed by atoms with Gasteiger partial charge in [0.1, 0.15) is 6.61 Å². The molecular formula is C19H22BrCl2NO4. The van der Waals surface area contributed by atoms with Gasteiger partial charge in [-0.15, -0.1) is 0 Å². The molecule has 2 aromatic carbocycles. The third kappa shape index (κ3) is 7.14. The molecule has 0 saturated heterocycles. The molecule has 0 bridgehead atoms. The number of ether oxygens (including phenoxy) is 3. The summed E-state index contributed by atoms with van der Waals surface area (Å²) >= 11 is 15.6. The monoisotopic (exact) mass is 477 g/mol. The van der Waals surface area contributed by atoms with Crippen molar-refractivity contribution >= 4 is 39.1 Å². The first-order valence-corrected chi connectivity index (χ1v) is 9.92. The summed E-state index contributed by atoms with van der Waals surface area (Å²) in [7, 11) is 1.61. The SMILES string of the molecule is COc1cc(CNCCOCCO)c(Br)cc1OCc1ccc(Cl)c(Cl)c1. The minimum absolute atomic E-state index is 0.0342. The second kappa shape index (κ2) is 11.7. The number of aliphatic hydroxyl groups is 1. The Labute approximate surface area is 177 Å². The molecule has 0 fully saturated rings. The molecule has 0 aliphatic heterocycles. The molecule has 2 N–H and O–H groups in total. The fraction of sp³-hybridized carbons (Fsp3) is 0.368. The highest BCUT2D eigenvalue weighted by molar-refractivity contribution is 9.10. The van der Waals surface area contributed by atoms with Crippen molar-refractivity contribution in [2.45, 2.75) is 13.2 Å². The fourth-order valence-corrected chi connectivity index (χ4v) is 3.09. The Morgan fingerprint density at radius 3 is 2.59 bits per heavy atom. The molecule has 0 amide bonds. The van der Waals surface area contributed by atoms with E-state index < -0.39 is 0 Å². The van der Waals surface area contributed by atoms with Crippen LogP contribution in [0, 0.1) is 0 Å². The van der Waals surface area contributed by atoms with Crippen molar-refractivity contribution < 1.29 is 19.3 Å². The lowest BCUT2D eigenvalue weighted by molar-refractivity contribution is 0.0938. The highest BCUT2D eigenvalue weighted by Crippen LogP contribution is 2.34. The summed E-state index contributed by atoms with van der Waals surface area (Å²) in [5, 5.41) is 13.0. The van der Waals surface area contributed by atoms with E-state index in [1.165, 1.54) is 0 Å². The van der Waals surface area contributed by atoms with E-state index in [1.807, 2.05) is 18.2 Å². The first kappa shape index (κ1) is 22.3. The molecule has 0 heterocycles. The number of benzene rings is 2. The molecule has 0 atom stereocenters. The van der Waals surface area contributed by atoms with Crippen LogP contribution < -0.4 is 14.8 Å². The van der Waals surface area contributed by atoms with Crippen molar-refractivity contribution in [3.8, 4) is 11.5 Å². The van der Waals surface area contributed by atoms with Crippen LogP contribution in [0.25, 0.3) is 0 Å². The van der Waals surface area contributed by atoms with Crippen LogP contribution in [0.5, 0.6) is 11.5 Å². The Hall–Kier alpha value is -1.02. The van der Waals surface area contributed by atoms with Crippen LogP contribution in [-0.4, -0.2) is 38.6 Å². The van der Waals surface area contributed by atoms with Gasteiger partial charge < -0.3 is 24.6 Å². The van der Waals surface area contributed by atoms with Gasteiger partial charge in [0, 0.05) is 17.6 Å². The van der Waals surface area contributed by atoms with Gasteiger partial charge in [0.25, 0.3) is 0 Å². The van der Waals surface area contributed by atoms with Gasteiger partial charge in [-0.05, 0) is 35.4 Å². The van der Waals surface area contributed by atoms with Gasteiger partial charge in [0.15, 0.2) is 11.5 Å². The first-order chi connectivity index (χ1) is 13.0. The lowest BCUT2D eigenvalue weighted by atomic mass is 10.2. The van der Waals surface area contributed by atoms with Gasteiger partial charge in [-0.3, -0.25) is 0 Å². The van der Waals surface area contributed by atoms with Crippen LogP contribution in [0.15, 0.2) is 34.8 Å². The molecule has 148 valence electrons. The Morgan fingerprint density at radius 1 is 1.07 bits per heavy atom. The van der Waals surface area contributed by atoms with E-state index in [4.69, 9.17) is 42.5 Å². The van der Waals surface area contributed by atoms with E-state index in [0.717, 1.165) is 15.6 Å². The molecule has 0 aliphatic rings. The zero-order valence-corrected chi connectivity index (χ0v) is 18.0. The molecule has 0 aliphatic carbocycles. The zero-order valence-electron chi connectivity index (χ0n) is 14.9. The van der Waals surface area contributed by atoms with Crippen molar-refractivity contribution in [2.75, 3.05) is 33.5 Å². The molecule has 2 aromatic rings. The highest BCUT2D eigenvalue weighted by atomic mass is 79.9. The predicted molar refractivity (Wildman–Crippen MR) is 111 cm³/mol. The third-order valence-corrected chi connectivity index (χ3v) is 5.16. The number of hydrogen-bond donors (Lipinski definition) is 2. The van der Waals surface area contributed by atoms with Crippen LogP contribution in [0.1, 0.15) is 11.1 Å². The van der Waals surface area contributed by atoms with E-state index in [-0.39, 0.29) is 6.61 Å². The Bertz CT molecular complexity index is 746. The summed E-state index contributed by atoms with van der Waals surface area (Å²) < 4.78 is 17.5. The van der Waals surface area contributed by atoms with Gasteiger partial charge in [-0.1, -0.05) is 45.2 Å². The molecule has 0 spiro atoms. The van der Waals surface area contributed by atoms with E-state index in [0.29, 0.717) is 54.5 Å². The Balaban J connectivity index is 1.96. The maximum atomic E-state index is 8.67. The van der Waals surface area contributed by atoms with Crippen LogP contribution >= 0.6 is 39.1 Å². The number of aliphatic hydroxyl groups excluding tert-OH is 1. The van der Waals surface area contributed by atoms with Crippen LogP contribution in [0.4, 0.5) is 0 Å². The maximum Gasteiger partial charge on any atom is 0.162 e. The van der Waals surface area contributed by atoms with E-state index in [2.05, 4.69) is 21.2 Å². The normalized spacial score (nSPS) is 10.9. The summed E-state index contributed by atoms with van der Waals surface area (Å²) in [4.78, 5) is 0. The highest BCUT2D eigenvalue weighted by Gasteiger charge is 2.11. The van der Waals surface area contributed by atoms with Crippen molar-refractivity contribution in [1.29, 1.82) is 0 Å². The number of rotatable bonds is 11. The summed E-state index contributed by atoms with van der Waals surface area (Å²) in [5.41, 5.74) is 1.95. The number of methoxy groups -OCH3 is 1. The van der Waals surface area contributed by atoms with E-state index >= 15 is 0 Å². The number of hydrogen-bond acceptors (Lipinski definition) is 5. The standard InChI is InChI=1S/C19H22BrCl2NO4/c1-25-18-9-14(11-23-4-6-26-7-5-24)15(20)10-19(18)27-12-13-2-3-16(21)17(22)8-13/h2-3,8-10,23-24H,4-7,11-12H2,1H3. The van der Waals surface area contributed by atoms with Crippen molar-refractivity contribution in [3.63, 3.8) is 0 Å². The third-order valence-electron chi connectivity index (χ3n) is 3.69. The minimum Gasteiger partial charge on any atom is -0.493 e. The molecule has 27 heavy (non-hydrogen) atoms. The number of halogens is 3. The van der Waals surface area contributed by atoms with E-state index in [9.17, 15) is 0 Å². The molecule has 0 saturated carbocycles. The summed E-state index contributed by atoms with van der Waals surface area (Å²) in [5.74, 6) is 1.28. The molecule has 0 unspecified atom stereocenters. The zero-order chi connectivity index (χ0) is 19.6. The quantitative estimate of drug-likeness (QED) is 0.467. The summed E-state index contributed by atoms with van der Waals surface area (Å²) in [6, 6.07) is 9.20. The fourth-order valence-electron chi connectivity index (χ4n) is 2.31. The largest absolute Gasteiger partial charge is 0.493 e. The second-order valence-electron chi connectivity index (χ2n) is 5.64. The van der Waals surface area contributed by atoms with Crippen LogP contribution in [0.3, 0.4) is 0 Å². The van der Waals surface area contributed by atoms with Gasteiger partial charge >= 0.3 is 0 Å². The van der Waals surface area contributed by atoms with Crippen molar-refractivity contribution in [2.24, 2.45) is 0 Å². The van der Waals surface area contributed by atoms with Gasteiger partial charge in [-0.2, -0.15) is 0 Å². The van der Waals surface area contributed by atoms with Gasteiger partial charge in [0.2, 0.25) is 0 Å². The average Bonchev–Trinajstić information content (AvgIpc) is 2.66. The van der Waals surface area contributed by atoms with Gasteiger partial charge in [0.05, 0.1) is 37.0 Å². The molecule has 0 radical (unpaired) electrons. The summed E-state index contributed by atoms with van der Waals surface area (Å²) in [6.45, 7) is 2.60. The molecule has 2 rings (SSSR count). The van der Waals surface area contributed by atoms with Crippen LogP contribution in [-0.2, 0) is 17.9 Å². The second-order valence-corrected chi connectivity index (χ2v) is 7.31. The minimum atomic E-state index is 0.0342. The molecule has 5 nitrogen and oxygen atoms in total. The van der Waals surface area contributed by atoms with Gasteiger partial charge in [-0.25, -0.2) is 0 Å². The topological polar surface area (TPSA) is 60.0 Å². The predicted octanol–water partition coefficient (Wildman–Crippen LogP) is 4.44. The lowest BCUT2D eigenvalue weighted by Gasteiger charge is -2.15. The van der Waals surface area contributed by atoms with E-state index in [1.54, 1.807) is 19.2 Å². The first-order valence-electron chi connectivity index (χ1n) is 8.37.